The second kappa shape index (κ2) is 5.86. The van der Waals surface area contributed by atoms with Gasteiger partial charge in [-0.15, -0.1) is 0 Å². The van der Waals surface area contributed by atoms with Crippen molar-refractivity contribution in [1.29, 1.82) is 0 Å². The predicted molar refractivity (Wildman–Crippen MR) is 95.9 cm³/mol. The van der Waals surface area contributed by atoms with E-state index in [0.717, 1.165) is 43.1 Å². The lowest BCUT2D eigenvalue weighted by Crippen LogP contribution is -2.29. The zero-order valence-electron chi connectivity index (χ0n) is 13.8. The van der Waals surface area contributed by atoms with Crippen LogP contribution in [-0.2, 0) is 19.5 Å². The molecule has 5 nitrogen and oxygen atoms in total. The largest absolute Gasteiger partial charge is 0.359 e. The Bertz CT molecular complexity index is 1020. The molecule has 0 fully saturated rings. The molecule has 4 heterocycles. The summed E-state index contributed by atoms with van der Waals surface area (Å²) in [6.45, 7) is 2.71. The predicted octanol–water partition coefficient (Wildman–Crippen LogP) is 3.78. The summed E-state index contributed by atoms with van der Waals surface area (Å²) in [4.78, 5) is 10.0. The molecule has 1 aliphatic heterocycles. The number of rotatable bonds is 3. The van der Waals surface area contributed by atoms with E-state index in [1.54, 1.807) is 12.4 Å². The Balaban J connectivity index is 1.35. The third-order valence-corrected chi connectivity index (χ3v) is 4.88. The summed E-state index contributed by atoms with van der Waals surface area (Å²) in [6.07, 6.45) is 4.60. The van der Waals surface area contributed by atoms with Gasteiger partial charge < -0.3 is 9.51 Å². The maximum absolute atomic E-state index is 5.55. The highest BCUT2D eigenvalue weighted by atomic mass is 16.5. The molecule has 25 heavy (non-hydrogen) atoms. The van der Waals surface area contributed by atoms with Gasteiger partial charge >= 0.3 is 0 Å². The van der Waals surface area contributed by atoms with Crippen LogP contribution < -0.4 is 0 Å². The number of nitrogens with zero attached hydrogens (tertiary/aromatic N) is 3. The molecule has 3 aromatic heterocycles. The molecule has 0 radical (unpaired) electrons. The average Bonchev–Trinajstić information content (AvgIpc) is 3.26. The van der Waals surface area contributed by atoms with Crippen LogP contribution in [0.1, 0.15) is 17.0 Å². The lowest BCUT2D eigenvalue weighted by molar-refractivity contribution is 0.213. The van der Waals surface area contributed by atoms with Crippen LogP contribution in [0.25, 0.3) is 22.2 Å². The summed E-state index contributed by atoms with van der Waals surface area (Å²) < 4.78 is 5.55. The van der Waals surface area contributed by atoms with Gasteiger partial charge in [0.1, 0.15) is 5.69 Å². The van der Waals surface area contributed by atoms with Crippen molar-refractivity contribution in [2.75, 3.05) is 6.54 Å². The van der Waals surface area contributed by atoms with Gasteiger partial charge in [0.25, 0.3) is 0 Å². The summed E-state index contributed by atoms with van der Waals surface area (Å²) >= 11 is 0. The first-order chi connectivity index (χ1) is 12.4. The Kier molecular flexibility index (Phi) is 3.38. The number of hydrogen-bond acceptors (Lipinski definition) is 4. The van der Waals surface area contributed by atoms with E-state index < -0.39 is 0 Å². The van der Waals surface area contributed by atoms with Crippen molar-refractivity contribution in [3.05, 3.63) is 71.9 Å². The van der Waals surface area contributed by atoms with Gasteiger partial charge in [0.15, 0.2) is 5.76 Å². The highest BCUT2D eigenvalue weighted by molar-refractivity contribution is 5.84. The van der Waals surface area contributed by atoms with Gasteiger partial charge in [-0.3, -0.25) is 9.88 Å². The molecule has 0 saturated carbocycles. The minimum Gasteiger partial charge on any atom is -0.359 e. The fourth-order valence-corrected chi connectivity index (χ4v) is 3.65. The normalized spacial score (nSPS) is 14.7. The first kappa shape index (κ1) is 14.4. The highest BCUT2D eigenvalue weighted by Gasteiger charge is 2.21. The molecular weight excluding hydrogens is 312 g/mol. The van der Waals surface area contributed by atoms with Crippen molar-refractivity contribution >= 4 is 10.9 Å². The summed E-state index contributed by atoms with van der Waals surface area (Å²) in [6, 6.07) is 14.5. The van der Waals surface area contributed by atoms with E-state index in [2.05, 4.69) is 44.3 Å². The van der Waals surface area contributed by atoms with E-state index in [4.69, 9.17) is 4.52 Å². The van der Waals surface area contributed by atoms with Crippen LogP contribution in [0.4, 0.5) is 0 Å². The van der Waals surface area contributed by atoms with Gasteiger partial charge in [-0.25, -0.2) is 0 Å². The molecule has 1 aromatic carbocycles. The molecule has 0 atom stereocenters. The monoisotopic (exact) mass is 330 g/mol. The molecule has 5 rings (SSSR count). The Hall–Kier alpha value is -2.92. The maximum atomic E-state index is 5.55. The van der Waals surface area contributed by atoms with Crippen molar-refractivity contribution in [3.63, 3.8) is 0 Å². The lowest BCUT2D eigenvalue weighted by Gasteiger charge is -2.25. The number of benzene rings is 1. The van der Waals surface area contributed by atoms with E-state index in [1.165, 1.54) is 22.2 Å². The first-order valence-corrected chi connectivity index (χ1v) is 8.53. The molecule has 0 aliphatic carbocycles. The van der Waals surface area contributed by atoms with E-state index in [1.807, 2.05) is 18.2 Å². The van der Waals surface area contributed by atoms with Gasteiger partial charge in [0, 0.05) is 53.7 Å². The van der Waals surface area contributed by atoms with Crippen LogP contribution in [0.15, 0.2) is 59.4 Å². The van der Waals surface area contributed by atoms with Gasteiger partial charge in [0.2, 0.25) is 0 Å². The second-order valence-electron chi connectivity index (χ2n) is 6.50. The molecule has 124 valence electrons. The smallest absolute Gasteiger partial charge is 0.151 e. The van der Waals surface area contributed by atoms with Crippen LogP contribution in [0.3, 0.4) is 0 Å². The molecule has 0 saturated heterocycles. The highest BCUT2D eigenvalue weighted by Crippen LogP contribution is 2.28. The summed E-state index contributed by atoms with van der Waals surface area (Å²) in [5, 5.41) is 5.55. The number of hydrogen-bond donors (Lipinski definition) is 1. The van der Waals surface area contributed by atoms with Gasteiger partial charge in [0.05, 0.1) is 6.54 Å². The summed E-state index contributed by atoms with van der Waals surface area (Å²) in [7, 11) is 0. The van der Waals surface area contributed by atoms with E-state index in [9.17, 15) is 0 Å². The summed E-state index contributed by atoms with van der Waals surface area (Å²) in [5.74, 6) is 0.895. The molecule has 0 bridgehead atoms. The maximum Gasteiger partial charge on any atom is 0.151 e. The van der Waals surface area contributed by atoms with E-state index in [-0.39, 0.29) is 0 Å². The van der Waals surface area contributed by atoms with Crippen molar-refractivity contribution in [2.24, 2.45) is 0 Å². The van der Waals surface area contributed by atoms with Crippen molar-refractivity contribution in [1.82, 2.24) is 20.0 Å². The molecule has 0 unspecified atom stereocenters. The standard InChI is InChI=1S/C20H18N4O/c1-2-4-18-16(3-1)17-7-10-24(13-20(17)22-18)12-15-11-19(23-25-15)14-5-8-21-9-6-14/h1-6,8-9,11,22H,7,10,12-13H2. The molecule has 1 aliphatic rings. The molecule has 0 spiro atoms. The Labute approximate surface area is 145 Å². The third-order valence-electron chi connectivity index (χ3n) is 4.88. The number of pyridine rings is 1. The molecule has 4 aromatic rings. The second-order valence-corrected chi connectivity index (χ2v) is 6.50. The number of para-hydroxylation sites is 1. The van der Waals surface area contributed by atoms with Crippen LogP contribution in [0.2, 0.25) is 0 Å². The topological polar surface area (TPSA) is 58.0 Å². The Morgan fingerprint density at radius 3 is 2.92 bits per heavy atom. The van der Waals surface area contributed by atoms with Crippen LogP contribution in [0, 0.1) is 0 Å². The number of aromatic amines is 1. The number of nitrogens with one attached hydrogen (secondary N) is 1. The quantitative estimate of drug-likeness (QED) is 0.621. The molecule has 5 heteroatoms. The average molecular weight is 330 g/mol. The minimum atomic E-state index is 0.771. The Morgan fingerprint density at radius 2 is 2.00 bits per heavy atom. The molecular formula is C20H18N4O. The fourth-order valence-electron chi connectivity index (χ4n) is 3.65. The molecule has 1 N–H and O–H groups in total. The van der Waals surface area contributed by atoms with E-state index in [0.29, 0.717) is 0 Å². The van der Waals surface area contributed by atoms with E-state index >= 15 is 0 Å². The van der Waals surface area contributed by atoms with Crippen molar-refractivity contribution < 1.29 is 4.52 Å². The number of H-pyrrole nitrogens is 1. The van der Waals surface area contributed by atoms with Crippen molar-refractivity contribution in [3.8, 4) is 11.3 Å². The van der Waals surface area contributed by atoms with Gasteiger partial charge in [-0.2, -0.15) is 0 Å². The SMILES string of the molecule is c1ccc2c3c([nH]c2c1)CN(Cc1cc(-c2ccncc2)no1)CC3. The van der Waals surface area contributed by atoms with Crippen molar-refractivity contribution in [2.45, 2.75) is 19.5 Å². The Morgan fingerprint density at radius 1 is 1.12 bits per heavy atom. The first-order valence-electron chi connectivity index (χ1n) is 8.53. The molecule has 0 amide bonds. The summed E-state index contributed by atoms with van der Waals surface area (Å²) in [5.41, 5.74) is 5.90. The third kappa shape index (κ3) is 2.62. The number of fused-ring (bicyclic) bond motifs is 3. The lowest BCUT2D eigenvalue weighted by atomic mass is 10.0. The van der Waals surface area contributed by atoms with Crippen LogP contribution in [-0.4, -0.2) is 26.6 Å². The van der Waals surface area contributed by atoms with Gasteiger partial charge in [-0.1, -0.05) is 23.4 Å². The zero-order chi connectivity index (χ0) is 16.6. The van der Waals surface area contributed by atoms with Gasteiger partial charge in [-0.05, 0) is 30.2 Å². The van der Waals surface area contributed by atoms with Crippen LogP contribution >= 0.6 is 0 Å². The number of aromatic nitrogens is 3. The minimum absolute atomic E-state index is 0.771. The van der Waals surface area contributed by atoms with Crippen LogP contribution in [0.5, 0.6) is 0 Å². The zero-order valence-corrected chi connectivity index (χ0v) is 13.8. The fraction of sp³-hybridized carbons (Fsp3) is 0.200.